The lowest BCUT2D eigenvalue weighted by Crippen LogP contribution is -2.46. The average molecular weight is 287 g/mol. The molecule has 5 nitrogen and oxygen atoms in total. The Balaban J connectivity index is 2.62. The second-order valence-corrected chi connectivity index (χ2v) is 11.5. The quantitative estimate of drug-likeness (QED) is 0.786. The van der Waals surface area contributed by atoms with Gasteiger partial charge in [0.05, 0.1) is 12.6 Å². The van der Waals surface area contributed by atoms with E-state index in [2.05, 4.69) is 33.9 Å². The number of rotatable bonds is 5. The maximum atomic E-state index is 11.7. The molecule has 1 amide bonds. The number of amides is 1. The van der Waals surface area contributed by atoms with Crippen molar-refractivity contribution >= 4 is 20.2 Å². The lowest BCUT2D eigenvalue weighted by Gasteiger charge is -2.37. The minimum atomic E-state index is -1.85. The van der Waals surface area contributed by atoms with Crippen molar-refractivity contribution in [3.8, 4) is 0 Å². The zero-order chi connectivity index (χ0) is 14.8. The van der Waals surface area contributed by atoms with E-state index in [1.807, 2.05) is 0 Å². The van der Waals surface area contributed by atoms with E-state index in [1.54, 1.807) is 0 Å². The SMILES string of the molecule is CC(C)(C)[Si](C)(C)OCC1CCC(=O)N1CC(=O)O. The van der Waals surface area contributed by atoms with Crippen molar-refractivity contribution in [2.45, 2.75) is 57.8 Å². The summed E-state index contributed by atoms with van der Waals surface area (Å²) >= 11 is 0. The first-order valence-corrected chi connectivity index (χ1v) is 9.60. The summed E-state index contributed by atoms with van der Waals surface area (Å²) in [5.74, 6) is -1.04. The summed E-state index contributed by atoms with van der Waals surface area (Å²) in [4.78, 5) is 23.9. The van der Waals surface area contributed by atoms with Crippen molar-refractivity contribution in [1.82, 2.24) is 4.90 Å². The fraction of sp³-hybridized carbons (Fsp3) is 0.846. The molecule has 1 unspecified atom stereocenters. The molecular formula is C13H25NO4Si. The Morgan fingerprint density at radius 3 is 2.53 bits per heavy atom. The molecule has 1 saturated heterocycles. The highest BCUT2D eigenvalue weighted by atomic mass is 28.4. The summed E-state index contributed by atoms with van der Waals surface area (Å²) in [6, 6.07) is -0.0854. The van der Waals surface area contributed by atoms with Gasteiger partial charge in [0.15, 0.2) is 8.32 Å². The maximum absolute atomic E-state index is 11.7. The normalized spacial score (nSPS) is 21.0. The Kier molecular flexibility index (Phi) is 4.79. The molecular weight excluding hydrogens is 262 g/mol. The van der Waals surface area contributed by atoms with E-state index in [0.717, 1.165) is 0 Å². The molecule has 0 spiro atoms. The highest BCUT2D eigenvalue weighted by Gasteiger charge is 2.39. The summed E-state index contributed by atoms with van der Waals surface area (Å²) in [6.45, 7) is 11.0. The van der Waals surface area contributed by atoms with Gasteiger partial charge < -0.3 is 14.4 Å². The molecule has 0 radical (unpaired) electrons. The number of nitrogens with zero attached hydrogens (tertiary/aromatic N) is 1. The lowest BCUT2D eigenvalue weighted by atomic mass is 10.2. The van der Waals surface area contributed by atoms with Crippen LogP contribution in [0.15, 0.2) is 0 Å². The van der Waals surface area contributed by atoms with Crippen LogP contribution >= 0.6 is 0 Å². The van der Waals surface area contributed by atoms with E-state index < -0.39 is 14.3 Å². The molecule has 0 aromatic carbocycles. The Morgan fingerprint density at radius 2 is 2.05 bits per heavy atom. The van der Waals surface area contributed by atoms with Crippen LogP contribution in [0.25, 0.3) is 0 Å². The highest BCUT2D eigenvalue weighted by Crippen LogP contribution is 2.37. The largest absolute Gasteiger partial charge is 0.480 e. The molecule has 0 aromatic rings. The summed E-state index contributed by atoms with van der Waals surface area (Å²) in [5, 5.41) is 8.96. The van der Waals surface area contributed by atoms with Crippen LogP contribution in [0, 0.1) is 0 Å². The Morgan fingerprint density at radius 1 is 1.47 bits per heavy atom. The average Bonchev–Trinajstić information content (AvgIpc) is 2.55. The molecule has 19 heavy (non-hydrogen) atoms. The van der Waals surface area contributed by atoms with E-state index in [1.165, 1.54) is 4.90 Å². The van der Waals surface area contributed by atoms with Crippen LogP contribution in [0.1, 0.15) is 33.6 Å². The van der Waals surface area contributed by atoms with Crippen molar-refractivity contribution in [1.29, 1.82) is 0 Å². The monoisotopic (exact) mass is 287 g/mol. The number of carboxylic acid groups (broad SMARTS) is 1. The summed E-state index contributed by atoms with van der Waals surface area (Å²) in [7, 11) is -1.85. The van der Waals surface area contributed by atoms with Crippen molar-refractivity contribution < 1.29 is 19.1 Å². The van der Waals surface area contributed by atoms with Crippen LogP contribution in [0.2, 0.25) is 18.1 Å². The van der Waals surface area contributed by atoms with Crippen LogP contribution in [-0.2, 0) is 14.0 Å². The smallest absolute Gasteiger partial charge is 0.323 e. The maximum Gasteiger partial charge on any atom is 0.323 e. The third-order valence-electron chi connectivity index (χ3n) is 4.20. The summed E-state index contributed by atoms with van der Waals surface area (Å²) in [5.41, 5.74) is 0. The van der Waals surface area contributed by atoms with Crippen LogP contribution in [-0.4, -0.2) is 49.4 Å². The minimum absolute atomic E-state index is 0.0776. The van der Waals surface area contributed by atoms with Crippen molar-refractivity contribution in [3.63, 3.8) is 0 Å². The molecule has 1 rings (SSSR count). The number of carbonyl (C=O) groups is 2. The van der Waals surface area contributed by atoms with Crippen LogP contribution < -0.4 is 0 Å². The first-order chi connectivity index (χ1) is 8.54. The van der Waals surface area contributed by atoms with Crippen molar-refractivity contribution in [3.05, 3.63) is 0 Å². The summed E-state index contributed by atoms with van der Waals surface area (Å²) < 4.78 is 6.09. The molecule has 6 heteroatoms. The molecule has 1 heterocycles. The number of carboxylic acids is 1. The molecule has 1 atom stereocenters. The van der Waals surface area contributed by atoms with E-state index in [4.69, 9.17) is 9.53 Å². The van der Waals surface area contributed by atoms with Gasteiger partial charge in [0.2, 0.25) is 5.91 Å². The number of carbonyl (C=O) groups excluding carboxylic acids is 1. The molecule has 1 fully saturated rings. The zero-order valence-corrected chi connectivity index (χ0v) is 13.5. The van der Waals surface area contributed by atoms with E-state index in [-0.39, 0.29) is 23.5 Å². The van der Waals surface area contributed by atoms with Gasteiger partial charge in [-0.15, -0.1) is 0 Å². The molecule has 0 aromatic heterocycles. The van der Waals surface area contributed by atoms with E-state index >= 15 is 0 Å². The predicted molar refractivity (Wildman–Crippen MR) is 75.5 cm³/mol. The molecule has 1 N–H and O–H groups in total. The standard InChI is InChI=1S/C13H25NO4Si/c1-13(2,3)19(4,5)18-9-10-6-7-11(15)14(10)8-12(16)17/h10H,6-9H2,1-5H3,(H,16,17). The third kappa shape index (κ3) is 4.04. The predicted octanol–water partition coefficient (Wildman–Crippen LogP) is 2.08. The van der Waals surface area contributed by atoms with Gasteiger partial charge >= 0.3 is 5.97 Å². The molecule has 110 valence electrons. The Bertz CT molecular complexity index is 362. The van der Waals surface area contributed by atoms with Gasteiger partial charge in [-0.1, -0.05) is 20.8 Å². The van der Waals surface area contributed by atoms with Crippen LogP contribution in [0.4, 0.5) is 0 Å². The molecule has 0 aliphatic carbocycles. The van der Waals surface area contributed by atoms with Gasteiger partial charge in [-0.2, -0.15) is 0 Å². The van der Waals surface area contributed by atoms with Crippen molar-refractivity contribution in [2.75, 3.05) is 13.2 Å². The molecule has 1 aliphatic rings. The van der Waals surface area contributed by atoms with Gasteiger partial charge in [-0.3, -0.25) is 9.59 Å². The topological polar surface area (TPSA) is 66.8 Å². The Hall–Kier alpha value is -0.883. The summed E-state index contributed by atoms with van der Waals surface area (Å²) in [6.07, 6.45) is 1.12. The van der Waals surface area contributed by atoms with Gasteiger partial charge in [0.1, 0.15) is 6.54 Å². The number of aliphatic carboxylic acids is 1. The molecule has 1 aliphatic heterocycles. The minimum Gasteiger partial charge on any atom is -0.480 e. The molecule has 0 bridgehead atoms. The number of hydrogen-bond acceptors (Lipinski definition) is 3. The highest BCUT2D eigenvalue weighted by molar-refractivity contribution is 6.74. The van der Waals surface area contributed by atoms with Gasteiger partial charge in [-0.25, -0.2) is 0 Å². The first kappa shape index (κ1) is 16.2. The fourth-order valence-electron chi connectivity index (χ4n) is 1.85. The third-order valence-corrected chi connectivity index (χ3v) is 8.70. The lowest BCUT2D eigenvalue weighted by molar-refractivity contribution is -0.144. The Labute approximate surface area is 116 Å². The van der Waals surface area contributed by atoms with E-state index in [0.29, 0.717) is 19.4 Å². The molecule has 0 saturated carbocycles. The van der Waals surface area contributed by atoms with Crippen LogP contribution in [0.3, 0.4) is 0 Å². The zero-order valence-electron chi connectivity index (χ0n) is 12.5. The second-order valence-electron chi connectivity index (χ2n) is 6.68. The fourth-order valence-corrected chi connectivity index (χ4v) is 2.89. The van der Waals surface area contributed by atoms with Crippen LogP contribution in [0.5, 0.6) is 0 Å². The first-order valence-electron chi connectivity index (χ1n) is 6.70. The van der Waals surface area contributed by atoms with Gasteiger partial charge in [0, 0.05) is 6.42 Å². The number of hydrogen-bond donors (Lipinski definition) is 1. The van der Waals surface area contributed by atoms with Crippen molar-refractivity contribution in [2.24, 2.45) is 0 Å². The van der Waals surface area contributed by atoms with E-state index in [9.17, 15) is 9.59 Å². The number of likely N-dealkylation sites (tertiary alicyclic amines) is 1. The van der Waals surface area contributed by atoms with Gasteiger partial charge in [-0.05, 0) is 24.6 Å². The second kappa shape index (κ2) is 5.62. The van der Waals surface area contributed by atoms with Gasteiger partial charge in [0.25, 0.3) is 0 Å².